The Labute approximate surface area is 382 Å². The van der Waals surface area contributed by atoms with Gasteiger partial charge < -0.3 is 9.32 Å². The van der Waals surface area contributed by atoms with Crippen molar-refractivity contribution in [1.29, 1.82) is 0 Å². The molecule has 0 fully saturated rings. The van der Waals surface area contributed by atoms with Crippen LogP contribution in [-0.4, -0.2) is 0 Å². The SMILES string of the molecule is C1=CC(c2c3ccccc3c(-c3cccc4c3oc3ccc(-c5c6ccccc6c(-c6ccccc6)c6ccccc56)cc34)c3ccccc23)C2C(=C1)N(c1ccccc1)c1ccccc12. The fourth-order valence-electron chi connectivity index (χ4n) is 11.8. The summed E-state index contributed by atoms with van der Waals surface area (Å²) in [6.07, 6.45) is 7.04. The van der Waals surface area contributed by atoms with E-state index in [2.05, 4.69) is 242 Å². The van der Waals surface area contributed by atoms with E-state index in [1.54, 1.807) is 0 Å². The van der Waals surface area contributed by atoms with Crippen molar-refractivity contribution in [2.24, 2.45) is 0 Å². The molecule has 0 saturated carbocycles. The number of benzene rings is 11. The van der Waals surface area contributed by atoms with E-state index in [4.69, 9.17) is 4.42 Å². The number of para-hydroxylation sites is 3. The van der Waals surface area contributed by atoms with Crippen LogP contribution in [0.4, 0.5) is 11.4 Å². The highest BCUT2D eigenvalue weighted by Gasteiger charge is 2.41. The number of allylic oxidation sites excluding steroid dienone is 4. The van der Waals surface area contributed by atoms with Gasteiger partial charge in [-0.3, -0.25) is 0 Å². The van der Waals surface area contributed by atoms with Gasteiger partial charge in [0.05, 0.1) is 0 Å². The van der Waals surface area contributed by atoms with Gasteiger partial charge in [0.25, 0.3) is 0 Å². The lowest BCUT2D eigenvalue weighted by atomic mass is 9.74. The summed E-state index contributed by atoms with van der Waals surface area (Å²) >= 11 is 0. The zero-order valence-electron chi connectivity index (χ0n) is 36.0. The Bertz CT molecular complexity index is 3890. The summed E-state index contributed by atoms with van der Waals surface area (Å²) in [5.74, 6) is 0.263. The molecule has 66 heavy (non-hydrogen) atoms. The van der Waals surface area contributed by atoms with Gasteiger partial charge in [0.1, 0.15) is 11.2 Å². The maximum absolute atomic E-state index is 7.05. The first kappa shape index (κ1) is 37.0. The van der Waals surface area contributed by atoms with Crippen molar-refractivity contribution in [2.45, 2.75) is 11.8 Å². The van der Waals surface area contributed by atoms with Gasteiger partial charge in [-0.1, -0.05) is 200 Å². The number of nitrogens with zero attached hydrogens (tertiary/aromatic N) is 1. The summed E-state index contributed by atoms with van der Waals surface area (Å²) in [4.78, 5) is 2.47. The molecular weight excluding hydrogens is 799 g/mol. The van der Waals surface area contributed by atoms with Gasteiger partial charge in [-0.05, 0) is 113 Å². The molecule has 2 aliphatic rings. The molecule has 308 valence electrons. The van der Waals surface area contributed by atoms with E-state index in [1.807, 2.05) is 0 Å². The Morgan fingerprint density at radius 2 is 0.924 bits per heavy atom. The summed E-state index contributed by atoms with van der Waals surface area (Å²) in [5, 5.41) is 12.2. The number of fused-ring (bicyclic) bond motifs is 10. The van der Waals surface area contributed by atoms with Gasteiger partial charge in [0, 0.05) is 50.8 Å². The van der Waals surface area contributed by atoms with Gasteiger partial charge >= 0.3 is 0 Å². The van der Waals surface area contributed by atoms with E-state index in [-0.39, 0.29) is 11.8 Å². The first-order chi connectivity index (χ1) is 32.8. The molecule has 2 heterocycles. The summed E-state index contributed by atoms with van der Waals surface area (Å²) in [6.45, 7) is 0. The van der Waals surface area contributed by atoms with Crippen molar-refractivity contribution in [3.05, 3.63) is 253 Å². The monoisotopic (exact) mass is 839 g/mol. The number of hydrogen-bond acceptors (Lipinski definition) is 2. The minimum absolute atomic E-state index is 0.109. The standard InChI is InChI=1S/C64H41NO/c1-3-19-40(20-4-1)59-43-23-7-9-25-45(43)60(46-26-10-8-24-44(46)59)41-37-38-58-55(39-41)51-32-17-34-54(64(51)66-58)62-49-29-13-11-27-47(49)61(48-28-12-14-30-50(48)62)53-33-18-36-57-63(53)52-31-15-16-35-56(52)65(57)42-21-5-2-6-22-42/h1-39,53,63H. The highest BCUT2D eigenvalue weighted by atomic mass is 16.3. The molecule has 0 spiro atoms. The number of rotatable bonds is 5. The summed E-state index contributed by atoms with van der Waals surface area (Å²) in [6, 6.07) is 80.0. The Morgan fingerprint density at radius 3 is 1.58 bits per heavy atom. The maximum Gasteiger partial charge on any atom is 0.143 e. The van der Waals surface area contributed by atoms with Crippen molar-refractivity contribution < 1.29 is 4.42 Å². The molecule has 0 N–H and O–H groups in total. The molecule has 0 radical (unpaired) electrons. The molecule has 2 atom stereocenters. The molecule has 2 heteroatoms. The van der Waals surface area contributed by atoms with E-state index in [0.717, 1.165) is 27.5 Å². The maximum atomic E-state index is 7.05. The summed E-state index contributed by atoms with van der Waals surface area (Å²) < 4.78 is 7.05. The fourth-order valence-corrected chi connectivity index (χ4v) is 11.8. The highest BCUT2D eigenvalue weighted by Crippen LogP contribution is 2.57. The van der Waals surface area contributed by atoms with Crippen LogP contribution in [0.15, 0.2) is 247 Å². The molecule has 1 aliphatic carbocycles. The van der Waals surface area contributed by atoms with Crippen molar-refractivity contribution in [3.8, 4) is 33.4 Å². The molecule has 2 nitrogen and oxygen atoms in total. The Balaban J connectivity index is 0.967. The minimum atomic E-state index is 0.109. The van der Waals surface area contributed by atoms with E-state index in [0.29, 0.717) is 0 Å². The molecule has 11 aromatic carbocycles. The van der Waals surface area contributed by atoms with Crippen LogP contribution in [0, 0.1) is 0 Å². The summed E-state index contributed by atoms with van der Waals surface area (Å²) in [7, 11) is 0. The topological polar surface area (TPSA) is 16.4 Å². The minimum Gasteiger partial charge on any atom is -0.455 e. The van der Waals surface area contributed by atoms with E-state index in [1.165, 1.54) is 99.1 Å². The molecule has 0 bridgehead atoms. The van der Waals surface area contributed by atoms with Crippen LogP contribution in [0.25, 0.3) is 98.4 Å². The Kier molecular flexibility index (Phi) is 8.14. The number of furan rings is 1. The highest BCUT2D eigenvalue weighted by molar-refractivity contribution is 6.24. The zero-order chi connectivity index (χ0) is 43.3. The lowest BCUT2D eigenvalue weighted by Crippen LogP contribution is -2.19. The predicted molar refractivity (Wildman–Crippen MR) is 278 cm³/mol. The quantitative estimate of drug-likeness (QED) is 0.161. The molecule has 1 aliphatic heterocycles. The Morgan fingerprint density at radius 1 is 0.394 bits per heavy atom. The smallest absolute Gasteiger partial charge is 0.143 e. The number of hydrogen-bond donors (Lipinski definition) is 0. The molecule has 0 amide bonds. The molecule has 14 rings (SSSR count). The van der Waals surface area contributed by atoms with Gasteiger partial charge in [0.15, 0.2) is 0 Å². The van der Waals surface area contributed by atoms with Gasteiger partial charge in [-0.25, -0.2) is 0 Å². The van der Waals surface area contributed by atoms with Gasteiger partial charge in [0.2, 0.25) is 0 Å². The largest absolute Gasteiger partial charge is 0.455 e. The van der Waals surface area contributed by atoms with Crippen molar-refractivity contribution in [1.82, 2.24) is 0 Å². The third-order valence-corrected chi connectivity index (χ3v) is 14.4. The van der Waals surface area contributed by atoms with Crippen LogP contribution in [-0.2, 0) is 0 Å². The van der Waals surface area contributed by atoms with E-state index in [9.17, 15) is 0 Å². The van der Waals surface area contributed by atoms with Crippen molar-refractivity contribution >= 4 is 76.4 Å². The normalized spacial score (nSPS) is 15.6. The molecule has 12 aromatic rings. The molecule has 0 saturated heterocycles. The third-order valence-electron chi connectivity index (χ3n) is 14.4. The van der Waals surface area contributed by atoms with Gasteiger partial charge in [-0.2, -0.15) is 0 Å². The van der Waals surface area contributed by atoms with Crippen LogP contribution in [0.1, 0.15) is 23.0 Å². The van der Waals surface area contributed by atoms with Crippen molar-refractivity contribution in [2.75, 3.05) is 4.90 Å². The predicted octanol–water partition coefficient (Wildman–Crippen LogP) is 17.7. The molecule has 1 aromatic heterocycles. The van der Waals surface area contributed by atoms with E-state index >= 15 is 0 Å². The second-order valence-corrected chi connectivity index (χ2v) is 17.8. The summed E-state index contributed by atoms with van der Waals surface area (Å²) in [5.41, 5.74) is 15.5. The average molecular weight is 840 g/mol. The first-order valence-electron chi connectivity index (χ1n) is 23.0. The Hall–Kier alpha value is -8.46. The van der Waals surface area contributed by atoms with Crippen LogP contribution in [0.5, 0.6) is 0 Å². The number of anilines is 2. The van der Waals surface area contributed by atoms with Crippen LogP contribution in [0.2, 0.25) is 0 Å². The average Bonchev–Trinajstić information content (AvgIpc) is 3.94. The van der Waals surface area contributed by atoms with Gasteiger partial charge in [-0.15, -0.1) is 0 Å². The third kappa shape index (κ3) is 5.36. The lowest BCUT2D eigenvalue weighted by molar-refractivity contribution is 0.670. The second kappa shape index (κ2) is 14.5. The van der Waals surface area contributed by atoms with Crippen LogP contribution >= 0.6 is 0 Å². The lowest BCUT2D eigenvalue weighted by Gasteiger charge is -2.31. The molecular formula is C64H41NO. The zero-order valence-corrected chi connectivity index (χ0v) is 36.0. The van der Waals surface area contributed by atoms with Crippen LogP contribution in [0.3, 0.4) is 0 Å². The molecule has 2 unspecified atom stereocenters. The second-order valence-electron chi connectivity index (χ2n) is 17.8. The van der Waals surface area contributed by atoms with E-state index < -0.39 is 0 Å². The van der Waals surface area contributed by atoms with Crippen LogP contribution < -0.4 is 4.90 Å². The first-order valence-corrected chi connectivity index (χ1v) is 23.0. The van der Waals surface area contributed by atoms with Crippen molar-refractivity contribution in [3.63, 3.8) is 0 Å². The fraction of sp³-hybridized carbons (Fsp3) is 0.0312.